The van der Waals surface area contributed by atoms with Crippen molar-refractivity contribution in [2.24, 2.45) is 0 Å². The van der Waals surface area contributed by atoms with E-state index in [1.165, 1.54) is 5.69 Å². The fourth-order valence-electron chi connectivity index (χ4n) is 3.45. The highest BCUT2D eigenvalue weighted by molar-refractivity contribution is 7.80. The van der Waals surface area contributed by atoms with Gasteiger partial charge in [-0.2, -0.15) is 0 Å². The van der Waals surface area contributed by atoms with Crippen molar-refractivity contribution in [3.05, 3.63) is 30.3 Å². The van der Waals surface area contributed by atoms with Gasteiger partial charge < -0.3 is 25.3 Å². The number of piperazine rings is 2. The highest BCUT2D eigenvalue weighted by atomic mass is 32.1. The van der Waals surface area contributed by atoms with Gasteiger partial charge in [-0.05, 0) is 24.4 Å². The van der Waals surface area contributed by atoms with Crippen molar-refractivity contribution in [2.75, 3.05) is 51.2 Å². The lowest BCUT2D eigenvalue weighted by atomic mass is 10.1. The molecule has 3 rings (SSSR count). The lowest BCUT2D eigenvalue weighted by molar-refractivity contribution is -0.137. The Morgan fingerprint density at radius 3 is 2.54 bits per heavy atom. The van der Waals surface area contributed by atoms with Crippen LogP contribution in [0, 0.1) is 0 Å². The van der Waals surface area contributed by atoms with E-state index in [0.717, 1.165) is 13.1 Å². The molecule has 2 aliphatic rings. The predicted molar refractivity (Wildman–Crippen MR) is 105 cm³/mol. The van der Waals surface area contributed by atoms with Crippen LogP contribution in [0.5, 0.6) is 0 Å². The van der Waals surface area contributed by atoms with Crippen molar-refractivity contribution in [2.45, 2.75) is 12.5 Å². The molecular formula is C18H25N5O2S. The first-order chi connectivity index (χ1) is 12.6. The molecule has 2 saturated heterocycles. The van der Waals surface area contributed by atoms with Gasteiger partial charge in [0, 0.05) is 52.0 Å². The van der Waals surface area contributed by atoms with E-state index in [-0.39, 0.29) is 18.2 Å². The fourth-order valence-corrected chi connectivity index (χ4v) is 3.67. The van der Waals surface area contributed by atoms with Gasteiger partial charge in [-0.3, -0.25) is 9.59 Å². The highest BCUT2D eigenvalue weighted by Gasteiger charge is 2.34. The molecule has 0 radical (unpaired) electrons. The van der Waals surface area contributed by atoms with E-state index in [0.29, 0.717) is 31.3 Å². The van der Waals surface area contributed by atoms with Crippen LogP contribution in [0.4, 0.5) is 5.69 Å². The van der Waals surface area contributed by atoms with Crippen LogP contribution in [0.25, 0.3) is 0 Å². The van der Waals surface area contributed by atoms with Crippen LogP contribution >= 0.6 is 12.2 Å². The lowest BCUT2D eigenvalue weighted by Gasteiger charge is -2.39. The second kappa shape index (κ2) is 8.35. The lowest BCUT2D eigenvalue weighted by Crippen LogP contribution is -2.60. The summed E-state index contributed by atoms with van der Waals surface area (Å²) in [6.07, 6.45) is 0.152. The molecule has 140 valence electrons. The minimum atomic E-state index is -0.539. The van der Waals surface area contributed by atoms with Crippen molar-refractivity contribution < 1.29 is 9.59 Å². The van der Waals surface area contributed by atoms with E-state index in [1.54, 1.807) is 7.05 Å². The first-order valence-electron chi connectivity index (χ1n) is 8.94. The third-order valence-corrected chi connectivity index (χ3v) is 5.37. The Bertz CT molecular complexity index is 661. The smallest absolute Gasteiger partial charge is 0.243 e. The van der Waals surface area contributed by atoms with Crippen LogP contribution < -0.4 is 15.5 Å². The minimum Gasteiger partial charge on any atom is -0.368 e. The van der Waals surface area contributed by atoms with Crippen LogP contribution in [-0.4, -0.2) is 79.1 Å². The molecule has 8 heteroatoms. The number of carbonyl (C=O) groups is 2. The summed E-state index contributed by atoms with van der Waals surface area (Å²) in [7, 11) is 1.73. The van der Waals surface area contributed by atoms with Gasteiger partial charge in [0.05, 0.1) is 6.42 Å². The summed E-state index contributed by atoms with van der Waals surface area (Å²) in [5, 5.41) is 6.24. The van der Waals surface area contributed by atoms with E-state index in [1.807, 2.05) is 28.0 Å². The van der Waals surface area contributed by atoms with Crippen molar-refractivity contribution in [1.82, 2.24) is 20.4 Å². The average molecular weight is 375 g/mol. The third kappa shape index (κ3) is 4.07. The molecule has 2 aliphatic heterocycles. The summed E-state index contributed by atoms with van der Waals surface area (Å²) in [4.78, 5) is 30.9. The molecular weight excluding hydrogens is 350 g/mol. The Morgan fingerprint density at radius 2 is 1.88 bits per heavy atom. The molecule has 2 N–H and O–H groups in total. The van der Waals surface area contributed by atoms with Crippen LogP contribution in [-0.2, 0) is 9.59 Å². The van der Waals surface area contributed by atoms with Crippen LogP contribution in [0.15, 0.2) is 30.3 Å². The fraction of sp³-hybridized carbons (Fsp3) is 0.500. The van der Waals surface area contributed by atoms with E-state index >= 15 is 0 Å². The molecule has 1 aromatic rings. The van der Waals surface area contributed by atoms with Gasteiger partial charge in [0.1, 0.15) is 6.04 Å². The van der Waals surface area contributed by atoms with Gasteiger partial charge >= 0.3 is 0 Å². The Kier molecular flexibility index (Phi) is 5.92. The van der Waals surface area contributed by atoms with Gasteiger partial charge in [0.25, 0.3) is 0 Å². The second-order valence-corrected chi connectivity index (χ2v) is 6.85. The largest absolute Gasteiger partial charge is 0.368 e. The van der Waals surface area contributed by atoms with Crippen molar-refractivity contribution in [3.63, 3.8) is 0 Å². The summed E-state index contributed by atoms with van der Waals surface area (Å²) < 4.78 is 0. The van der Waals surface area contributed by atoms with Crippen LogP contribution in [0.2, 0.25) is 0 Å². The topological polar surface area (TPSA) is 67.9 Å². The first kappa shape index (κ1) is 18.4. The molecule has 2 amide bonds. The average Bonchev–Trinajstić information content (AvgIpc) is 2.69. The van der Waals surface area contributed by atoms with Gasteiger partial charge in [-0.1, -0.05) is 18.2 Å². The van der Waals surface area contributed by atoms with Gasteiger partial charge in [0.2, 0.25) is 11.8 Å². The van der Waals surface area contributed by atoms with Crippen molar-refractivity contribution >= 4 is 34.8 Å². The summed E-state index contributed by atoms with van der Waals surface area (Å²) in [5.41, 5.74) is 1.18. The Hall–Kier alpha value is -2.35. The monoisotopic (exact) mass is 375 g/mol. The molecule has 0 saturated carbocycles. The molecule has 7 nitrogen and oxygen atoms in total. The van der Waals surface area contributed by atoms with Gasteiger partial charge in [-0.15, -0.1) is 0 Å². The summed E-state index contributed by atoms with van der Waals surface area (Å²) in [6, 6.07) is 9.67. The molecule has 0 aromatic heterocycles. The van der Waals surface area contributed by atoms with E-state index in [2.05, 4.69) is 27.7 Å². The number of nitrogens with zero attached hydrogens (tertiary/aromatic N) is 3. The Labute approximate surface area is 159 Å². The van der Waals surface area contributed by atoms with E-state index < -0.39 is 6.04 Å². The normalized spacial score (nSPS) is 20.6. The molecule has 2 fully saturated rings. The number of benzene rings is 1. The summed E-state index contributed by atoms with van der Waals surface area (Å²) in [5.74, 6) is -0.131. The zero-order valence-electron chi connectivity index (χ0n) is 15.0. The maximum atomic E-state index is 12.7. The number of thiocarbonyl (C=S) groups is 1. The molecule has 0 spiro atoms. The summed E-state index contributed by atoms with van der Waals surface area (Å²) in [6.45, 7) is 4.08. The second-order valence-electron chi connectivity index (χ2n) is 6.46. The van der Waals surface area contributed by atoms with Crippen molar-refractivity contribution in [3.8, 4) is 0 Å². The van der Waals surface area contributed by atoms with Crippen molar-refractivity contribution in [1.29, 1.82) is 0 Å². The van der Waals surface area contributed by atoms with Gasteiger partial charge in [0.15, 0.2) is 5.11 Å². The number of nitrogens with one attached hydrogen (secondary N) is 2. The highest BCUT2D eigenvalue weighted by Crippen LogP contribution is 2.17. The Morgan fingerprint density at radius 1 is 1.19 bits per heavy atom. The summed E-state index contributed by atoms with van der Waals surface area (Å²) >= 11 is 5.29. The molecule has 0 bridgehead atoms. The Balaban J connectivity index is 1.58. The van der Waals surface area contributed by atoms with Gasteiger partial charge in [-0.25, -0.2) is 0 Å². The van der Waals surface area contributed by atoms with Crippen LogP contribution in [0.1, 0.15) is 6.42 Å². The maximum absolute atomic E-state index is 12.7. The standard InChI is InChI=1S/C18H25N5O2S/c1-19-18(26)23-8-7-20-17(25)15(23)13-16(24)22-11-9-21(10-12-22)14-5-3-2-4-6-14/h2-6,15H,7-13H2,1H3,(H,19,26)(H,20,25)/t15-/m0/s1. The number of carbonyl (C=O) groups excluding carboxylic acids is 2. The van der Waals surface area contributed by atoms with E-state index in [9.17, 15) is 9.59 Å². The molecule has 26 heavy (non-hydrogen) atoms. The van der Waals surface area contributed by atoms with E-state index in [4.69, 9.17) is 12.2 Å². The first-order valence-corrected chi connectivity index (χ1v) is 9.35. The third-order valence-electron chi connectivity index (χ3n) is 4.93. The quantitative estimate of drug-likeness (QED) is 0.727. The number of amides is 2. The SMILES string of the molecule is CNC(=S)N1CCNC(=O)[C@@H]1CC(=O)N1CCN(c2ccccc2)CC1. The molecule has 0 unspecified atom stereocenters. The molecule has 2 heterocycles. The number of para-hydroxylation sites is 1. The minimum absolute atomic E-state index is 0.00339. The molecule has 1 aromatic carbocycles. The maximum Gasteiger partial charge on any atom is 0.243 e. The molecule has 0 aliphatic carbocycles. The predicted octanol–water partition coefficient (Wildman–Crippen LogP) is 0.0300. The zero-order valence-corrected chi connectivity index (χ0v) is 15.8. The number of hydrogen-bond donors (Lipinski definition) is 2. The molecule has 1 atom stereocenters. The number of hydrogen-bond acceptors (Lipinski definition) is 4. The zero-order chi connectivity index (χ0) is 18.5. The number of rotatable bonds is 3. The number of anilines is 1. The van der Waals surface area contributed by atoms with Crippen LogP contribution in [0.3, 0.4) is 0 Å².